The number of carbonyl (C=O) groups excluding carboxylic acids is 1. The molecule has 23 heavy (non-hydrogen) atoms. The van der Waals surface area contributed by atoms with Gasteiger partial charge in [-0.25, -0.2) is 4.39 Å². The molecule has 5 nitrogen and oxygen atoms in total. The third-order valence-corrected chi connectivity index (χ3v) is 4.29. The van der Waals surface area contributed by atoms with Gasteiger partial charge in [0.05, 0.1) is 5.41 Å². The molecule has 1 unspecified atom stereocenters. The number of halogens is 1. The van der Waals surface area contributed by atoms with E-state index in [1.807, 2.05) is 0 Å². The predicted octanol–water partition coefficient (Wildman–Crippen LogP) is 2.10. The average molecular weight is 323 g/mol. The molecule has 1 aromatic carbocycles. The maximum atomic E-state index is 13.6. The number of carboxylic acids is 1. The first-order chi connectivity index (χ1) is 10.9. The first-order valence-electron chi connectivity index (χ1n) is 7.78. The van der Waals surface area contributed by atoms with Crippen LogP contribution in [-0.2, 0) is 19.7 Å². The first-order valence-corrected chi connectivity index (χ1v) is 7.78. The number of benzene rings is 1. The Morgan fingerprint density at radius 3 is 2.70 bits per heavy atom. The van der Waals surface area contributed by atoms with Crippen molar-refractivity contribution in [3.05, 3.63) is 35.6 Å². The molecule has 1 saturated heterocycles. The minimum Gasteiger partial charge on any atom is -0.481 e. The SMILES string of the molecule is CC(CNC(=O)C1(c2cccc(F)c2)CCOCC1)CC(=O)O. The van der Waals surface area contributed by atoms with E-state index in [-0.39, 0.29) is 30.6 Å². The van der Waals surface area contributed by atoms with E-state index in [0.717, 1.165) is 0 Å². The van der Waals surface area contributed by atoms with Crippen LogP contribution in [0.2, 0.25) is 0 Å². The van der Waals surface area contributed by atoms with Gasteiger partial charge in [-0.2, -0.15) is 0 Å². The van der Waals surface area contributed by atoms with Crippen LogP contribution in [0.4, 0.5) is 4.39 Å². The number of nitrogens with one attached hydrogen (secondary N) is 1. The average Bonchev–Trinajstić information content (AvgIpc) is 2.52. The van der Waals surface area contributed by atoms with Gasteiger partial charge in [0.1, 0.15) is 5.82 Å². The lowest BCUT2D eigenvalue weighted by molar-refractivity contribution is -0.138. The molecule has 1 aromatic rings. The van der Waals surface area contributed by atoms with Crippen molar-refractivity contribution in [3.63, 3.8) is 0 Å². The maximum Gasteiger partial charge on any atom is 0.303 e. The van der Waals surface area contributed by atoms with Crippen LogP contribution in [0.15, 0.2) is 24.3 Å². The minimum atomic E-state index is -0.891. The molecule has 6 heteroatoms. The molecule has 1 atom stereocenters. The molecule has 0 saturated carbocycles. The Hall–Kier alpha value is -1.95. The first kappa shape index (κ1) is 17.4. The standard InChI is InChI=1S/C17H22FNO4/c1-12(9-15(20)21)11-19-16(22)17(5-7-23-8-6-17)13-3-2-4-14(18)10-13/h2-4,10,12H,5-9,11H2,1H3,(H,19,22)(H,20,21). The van der Waals surface area contributed by atoms with Gasteiger partial charge in [-0.1, -0.05) is 19.1 Å². The molecule has 1 amide bonds. The van der Waals surface area contributed by atoms with Crippen molar-refractivity contribution < 1.29 is 23.8 Å². The summed E-state index contributed by atoms with van der Waals surface area (Å²) < 4.78 is 18.9. The second kappa shape index (κ2) is 7.55. The van der Waals surface area contributed by atoms with E-state index in [1.165, 1.54) is 12.1 Å². The number of carbonyl (C=O) groups is 2. The van der Waals surface area contributed by atoms with E-state index in [1.54, 1.807) is 19.1 Å². The van der Waals surface area contributed by atoms with Crippen LogP contribution in [0, 0.1) is 11.7 Å². The summed E-state index contributed by atoms with van der Waals surface area (Å²) in [5.41, 5.74) is -0.173. The van der Waals surface area contributed by atoms with Gasteiger partial charge in [0, 0.05) is 26.2 Å². The fourth-order valence-electron chi connectivity index (χ4n) is 2.96. The summed E-state index contributed by atoms with van der Waals surface area (Å²) in [7, 11) is 0. The fraction of sp³-hybridized carbons (Fsp3) is 0.529. The van der Waals surface area contributed by atoms with Crippen LogP contribution in [0.5, 0.6) is 0 Å². The highest BCUT2D eigenvalue weighted by molar-refractivity contribution is 5.88. The fourth-order valence-corrected chi connectivity index (χ4v) is 2.96. The lowest BCUT2D eigenvalue weighted by Gasteiger charge is -2.36. The van der Waals surface area contributed by atoms with Crippen LogP contribution in [-0.4, -0.2) is 36.7 Å². The topological polar surface area (TPSA) is 75.6 Å². The van der Waals surface area contributed by atoms with Gasteiger partial charge in [0.25, 0.3) is 0 Å². The van der Waals surface area contributed by atoms with Crippen molar-refractivity contribution in [1.82, 2.24) is 5.32 Å². The van der Waals surface area contributed by atoms with E-state index >= 15 is 0 Å². The molecule has 0 spiro atoms. The highest BCUT2D eigenvalue weighted by Gasteiger charge is 2.41. The Bertz CT molecular complexity index is 569. The number of aliphatic carboxylic acids is 1. The van der Waals surface area contributed by atoms with Crippen LogP contribution >= 0.6 is 0 Å². The lowest BCUT2D eigenvalue weighted by Crippen LogP contribution is -2.49. The highest BCUT2D eigenvalue weighted by Crippen LogP contribution is 2.35. The zero-order chi connectivity index (χ0) is 16.9. The van der Waals surface area contributed by atoms with Crippen molar-refractivity contribution >= 4 is 11.9 Å². The summed E-state index contributed by atoms with van der Waals surface area (Å²) in [6.07, 6.45) is 0.960. The van der Waals surface area contributed by atoms with Crippen molar-refractivity contribution in [2.24, 2.45) is 5.92 Å². The summed E-state index contributed by atoms with van der Waals surface area (Å²) in [4.78, 5) is 23.5. The van der Waals surface area contributed by atoms with Gasteiger partial charge in [0.2, 0.25) is 5.91 Å². The molecule has 2 rings (SSSR count). The molecule has 0 radical (unpaired) electrons. The Morgan fingerprint density at radius 1 is 1.39 bits per heavy atom. The van der Waals surface area contributed by atoms with Gasteiger partial charge in [-0.05, 0) is 36.5 Å². The number of ether oxygens (including phenoxy) is 1. The van der Waals surface area contributed by atoms with Crippen molar-refractivity contribution in [2.45, 2.75) is 31.6 Å². The summed E-state index contributed by atoms with van der Waals surface area (Å²) in [6, 6.07) is 6.10. The van der Waals surface area contributed by atoms with E-state index in [4.69, 9.17) is 9.84 Å². The number of hydrogen-bond donors (Lipinski definition) is 2. The molecule has 0 bridgehead atoms. The molecule has 2 N–H and O–H groups in total. The second-order valence-corrected chi connectivity index (χ2v) is 6.12. The molecule has 0 aromatic heterocycles. The van der Waals surface area contributed by atoms with Gasteiger partial charge in [-0.15, -0.1) is 0 Å². The second-order valence-electron chi connectivity index (χ2n) is 6.12. The molecule has 1 aliphatic rings. The largest absolute Gasteiger partial charge is 0.481 e. The van der Waals surface area contributed by atoms with Crippen LogP contribution in [0.3, 0.4) is 0 Å². The van der Waals surface area contributed by atoms with E-state index < -0.39 is 11.4 Å². The number of carboxylic acid groups (broad SMARTS) is 1. The van der Waals surface area contributed by atoms with E-state index in [9.17, 15) is 14.0 Å². The van der Waals surface area contributed by atoms with Gasteiger partial charge >= 0.3 is 5.97 Å². The van der Waals surface area contributed by atoms with Crippen LogP contribution in [0.25, 0.3) is 0 Å². The monoisotopic (exact) mass is 323 g/mol. The predicted molar refractivity (Wildman–Crippen MR) is 82.6 cm³/mol. The molecule has 1 fully saturated rings. The third kappa shape index (κ3) is 4.28. The zero-order valence-corrected chi connectivity index (χ0v) is 13.2. The molecule has 0 aliphatic carbocycles. The minimum absolute atomic E-state index is 0.00361. The van der Waals surface area contributed by atoms with Crippen molar-refractivity contribution in [1.29, 1.82) is 0 Å². The van der Waals surface area contributed by atoms with Crippen LogP contribution in [0.1, 0.15) is 31.7 Å². The third-order valence-electron chi connectivity index (χ3n) is 4.29. The molecule has 1 heterocycles. The summed E-state index contributed by atoms with van der Waals surface area (Å²) in [5.74, 6) is -1.62. The summed E-state index contributed by atoms with van der Waals surface area (Å²) in [5, 5.41) is 11.6. The Kier molecular flexibility index (Phi) is 5.71. The van der Waals surface area contributed by atoms with Gasteiger partial charge < -0.3 is 15.2 Å². The molecular weight excluding hydrogens is 301 g/mol. The Morgan fingerprint density at radius 2 is 2.09 bits per heavy atom. The van der Waals surface area contributed by atoms with Crippen molar-refractivity contribution in [3.8, 4) is 0 Å². The summed E-state index contributed by atoms with van der Waals surface area (Å²) in [6.45, 7) is 2.93. The zero-order valence-electron chi connectivity index (χ0n) is 13.2. The summed E-state index contributed by atoms with van der Waals surface area (Å²) >= 11 is 0. The maximum absolute atomic E-state index is 13.6. The molecular formula is C17H22FNO4. The smallest absolute Gasteiger partial charge is 0.303 e. The quantitative estimate of drug-likeness (QED) is 0.840. The van der Waals surface area contributed by atoms with Gasteiger partial charge in [0.15, 0.2) is 0 Å². The van der Waals surface area contributed by atoms with Crippen LogP contribution < -0.4 is 5.32 Å². The number of hydrogen-bond acceptors (Lipinski definition) is 3. The normalized spacial score (nSPS) is 18.2. The number of amides is 1. The Labute approximate surface area is 134 Å². The number of rotatable bonds is 6. The van der Waals surface area contributed by atoms with E-state index in [0.29, 0.717) is 31.6 Å². The Balaban J connectivity index is 2.14. The van der Waals surface area contributed by atoms with Crippen molar-refractivity contribution in [2.75, 3.05) is 19.8 Å². The highest BCUT2D eigenvalue weighted by atomic mass is 19.1. The molecule has 126 valence electrons. The lowest BCUT2D eigenvalue weighted by atomic mass is 9.73. The van der Waals surface area contributed by atoms with E-state index in [2.05, 4.69) is 5.32 Å². The molecule has 1 aliphatic heterocycles. The van der Waals surface area contributed by atoms with Gasteiger partial charge in [-0.3, -0.25) is 9.59 Å².